The van der Waals surface area contributed by atoms with Crippen LogP contribution in [0.4, 0.5) is 0 Å². The van der Waals surface area contributed by atoms with E-state index in [0.29, 0.717) is 12.5 Å². The van der Waals surface area contributed by atoms with E-state index >= 15 is 0 Å². The molecule has 92 valence electrons. The van der Waals surface area contributed by atoms with Crippen LogP contribution in [-0.4, -0.2) is 11.6 Å². The first-order valence-corrected chi connectivity index (χ1v) is 7.35. The lowest BCUT2D eigenvalue weighted by Crippen LogP contribution is -1.95. The van der Waals surface area contributed by atoms with Crippen molar-refractivity contribution < 1.29 is 4.74 Å². The number of ether oxygens (including phenoxy) is 1. The third-order valence-corrected chi connectivity index (χ3v) is 3.50. The summed E-state index contributed by atoms with van der Waals surface area (Å²) in [6.45, 7) is 3.71. The Morgan fingerprint density at radius 1 is 1.31 bits per heavy atom. The van der Waals surface area contributed by atoms with Crippen molar-refractivity contribution in [3.8, 4) is 0 Å². The quantitative estimate of drug-likeness (QED) is 0.486. The zero-order chi connectivity index (χ0) is 11.6. The third-order valence-electron chi connectivity index (χ3n) is 2.35. The van der Waals surface area contributed by atoms with Gasteiger partial charge in [-0.1, -0.05) is 32.6 Å². The first kappa shape index (κ1) is 13.9. The molecule has 0 aromatic carbocycles. The highest BCUT2D eigenvalue weighted by Gasteiger charge is 2.00. The first-order chi connectivity index (χ1) is 7.86. The Bertz CT molecular complexity index is 278. The highest BCUT2D eigenvalue weighted by molar-refractivity contribution is 7.09. The Labute approximate surface area is 107 Å². The maximum Gasteiger partial charge on any atom is 0.119 e. The van der Waals surface area contributed by atoms with E-state index in [4.69, 9.17) is 16.3 Å². The van der Waals surface area contributed by atoms with Crippen LogP contribution in [0, 0.1) is 0 Å². The van der Waals surface area contributed by atoms with Gasteiger partial charge < -0.3 is 4.74 Å². The van der Waals surface area contributed by atoms with Gasteiger partial charge in [-0.15, -0.1) is 22.9 Å². The molecule has 1 aromatic rings. The molecule has 0 N–H and O–H groups in total. The molecule has 0 spiro atoms. The number of alkyl halides is 1. The topological polar surface area (TPSA) is 22.1 Å². The third kappa shape index (κ3) is 5.83. The van der Waals surface area contributed by atoms with Crippen LogP contribution in [0.3, 0.4) is 0 Å². The fraction of sp³-hybridized carbons (Fsp3) is 0.750. The number of aromatic nitrogens is 1. The molecule has 2 nitrogen and oxygen atoms in total. The second-order valence-corrected chi connectivity index (χ2v) is 5.04. The molecule has 16 heavy (non-hydrogen) atoms. The van der Waals surface area contributed by atoms with Crippen molar-refractivity contribution in [3.63, 3.8) is 0 Å². The fourth-order valence-electron chi connectivity index (χ4n) is 1.44. The average molecular weight is 262 g/mol. The Morgan fingerprint density at radius 3 is 2.81 bits per heavy atom. The fourth-order valence-corrected chi connectivity index (χ4v) is 2.40. The average Bonchev–Trinajstić information content (AvgIpc) is 2.76. The van der Waals surface area contributed by atoms with Gasteiger partial charge in [-0.25, -0.2) is 4.98 Å². The molecule has 0 radical (unpaired) electrons. The molecule has 1 rings (SSSR count). The molecular weight excluding hydrogens is 242 g/mol. The molecule has 0 amide bonds. The van der Waals surface area contributed by atoms with Crippen molar-refractivity contribution >= 4 is 22.9 Å². The Kier molecular flexibility index (Phi) is 7.81. The van der Waals surface area contributed by atoms with E-state index in [1.807, 2.05) is 5.38 Å². The van der Waals surface area contributed by atoms with E-state index in [0.717, 1.165) is 23.7 Å². The highest BCUT2D eigenvalue weighted by atomic mass is 35.5. The van der Waals surface area contributed by atoms with E-state index < -0.39 is 0 Å². The monoisotopic (exact) mass is 261 g/mol. The van der Waals surface area contributed by atoms with Crippen LogP contribution in [-0.2, 0) is 17.2 Å². The molecule has 0 fully saturated rings. The van der Waals surface area contributed by atoms with Gasteiger partial charge in [0.15, 0.2) is 0 Å². The van der Waals surface area contributed by atoms with Gasteiger partial charge in [-0.3, -0.25) is 0 Å². The van der Waals surface area contributed by atoms with Crippen molar-refractivity contribution in [1.29, 1.82) is 0 Å². The van der Waals surface area contributed by atoms with Crippen LogP contribution in [0.1, 0.15) is 49.7 Å². The summed E-state index contributed by atoms with van der Waals surface area (Å²) in [5, 5.41) is 3.02. The minimum Gasteiger partial charge on any atom is -0.374 e. The van der Waals surface area contributed by atoms with Crippen molar-refractivity contribution in [2.75, 3.05) is 6.61 Å². The van der Waals surface area contributed by atoms with E-state index in [2.05, 4.69) is 11.9 Å². The van der Waals surface area contributed by atoms with E-state index in [1.165, 1.54) is 25.7 Å². The largest absolute Gasteiger partial charge is 0.374 e. The van der Waals surface area contributed by atoms with Gasteiger partial charge in [0.2, 0.25) is 0 Å². The summed E-state index contributed by atoms with van der Waals surface area (Å²) in [5.41, 5.74) is 0.952. The number of hydrogen-bond donors (Lipinski definition) is 0. The molecule has 0 atom stereocenters. The summed E-state index contributed by atoms with van der Waals surface area (Å²) in [6.07, 6.45) is 6.40. The summed E-state index contributed by atoms with van der Waals surface area (Å²) < 4.78 is 5.56. The second-order valence-electron chi connectivity index (χ2n) is 3.83. The van der Waals surface area contributed by atoms with Gasteiger partial charge in [-0.2, -0.15) is 0 Å². The standard InChI is InChI=1S/C12H20ClNOS/c1-2-3-4-5-6-7-15-9-12-14-11(8-13)10-16-12/h10H,2-9H2,1H3. The van der Waals surface area contributed by atoms with Crippen LogP contribution in [0.2, 0.25) is 0 Å². The number of unbranched alkanes of at least 4 members (excludes halogenated alkanes) is 4. The smallest absolute Gasteiger partial charge is 0.119 e. The molecule has 0 unspecified atom stereocenters. The summed E-state index contributed by atoms with van der Waals surface area (Å²) in [5.74, 6) is 0.494. The molecule has 1 aromatic heterocycles. The molecule has 0 saturated heterocycles. The van der Waals surface area contributed by atoms with Crippen molar-refractivity contribution in [2.45, 2.75) is 51.5 Å². The lowest BCUT2D eigenvalue weighted by atomic mass is 10.2. The summed E-state index contributed by atoms with van der Waals surface area (Å²) in [4.78, 5) is 4.34. The van der Waals surface area contributed by atoms with Gasteiger partial charge in [0.25, 0.3) is 0 Å². The number of hydrogen-bond acceptors (Lipinski definition) is 3. The molecule has 0 saturated carbocycles. The lowest BCUT2D eigenvalue weighted by Gasteiger charge is -2.01. The van der Waals surface area contributed by atoms with Gasteiger partial charge >= 0.3 is 0 Å². The second kappa shape index (κ2) is 8.97. The van der Waals surface area contributed by atoms with Gasteiger partial charge in [-0.05, 0) is 6.42 Å². The van der Waals surface area contributed by atoms with Gasteiger partial charge in [0, 0.05) is 12.0 Å². The maximum atomic E-state index is 5.68. The number of nitrogens with zero attached hydrogens (tertiary/aromatic N) is 1. The van der Waals surface area contributed by atoms with Gasteiger partial charge in [0.1, 0.15) is 5.01 Å². The summed E-state index contributed by atoms with van der Waals surface area (Å²) >= 11 is 7.30. The predicted molar refractivity (Wildman–Crippen MR) is 70.1 cm³/mol. The highest BCUT2D eigenvalue weighted by Crippen LogP contribution is 2.12. The Balaban J connectivity index is 1.98. The number of rotatable bonds is 9. The molecule has 0 aliphatic carbocycles. The van der Waals surface area contributed by atoms with Crippen molar-refractivity contribution in [2.24, 2.45) is 0 Å². The van der Waals surface area contributed by atoms with E-state index in [9.17, 15) is 0 Å². The summed E-state index contributed by atoms with van der Waals surface area (Å²) in [7, 11) is 0. The molecule has 0 aliphatic rings. The number of halogens is 1. The van der Waals surface area contributed by atoms with Crippen LogP contribution in [0.15, 0.2) is 5.38 Å². The Hall–Kier alpha value is -0.120. The van der Waals surface area contributed by atoms with Crippen LogP contribution < -0.4 is 0 Å². The Morgan fingerprint density at radius 2 is 2.12 bits per heavy atom. The zero-order valence-electron chi connectivity index (χ0n) is 9.88. The molecule has 4 heteroatoms. The van der Waals surface area contributed by atoms with Crippen molar-refractivity contribution in [3.05, 3.63) is 16.1 Å². The molecule has 0 bridgehead atoms. The maximum absolute atomic E-state index is 5.68. The molecule has 0 aliphatic heterocycles. The van der Waals surface area contributed by atoms with Crippen LogP contribution >= 0.6 is 22.9 Å². The molecular formula is C12H20ClNOS. The van der Waals surface area contributed by atoms with Crippen LogP contribution in [0.5, 0.6) is 0 Å². The minimum atomic E-state index is 0.494. The van der Waals surface area contributed by atoms with Gasteiger partial charge in [0.05, 0.1) is 18.2 Å². The first-order valence-electron chi connectivity index (χ1n) is 5.93. The lowest BCUT2D eigenvalue weighted by molar-refractivity contribution is 0.116. The summed E-state index contributed by atoms with van der Waals surface area (Å²) in [6, 6.07) is 0. The minimum absolute atomic E-state index is 0.494. The number of thiazole rings is 1. The van der Waals surface area contributed by atoms with Crippen LogP contribution in [0.25, 0.3) is 0 Å². The zero-order valence-corrected chi connectivity index (χ0v) is 11.4. The molecule has 1 heterocycles. The SMILES string of the molecule is CCCCCCCOCc1nc(CCl)cs1. The van der Waals surface area contributed by atoms with E-state index in [1.54, 1.807) is 11.3 Å². The van der Waals surface area contributed by atoms with E-state index in [-0.39, 0.29) is 0 Å². The predicted octanol–water partition coefficient (Wildman–Crippen LogP) is 4.37. The van der Waals surface area contributed by atoms with Crippen molar-refractivity contribution in [1.82, 2.24) is 4.98 Å². The normalized spacial score (nSPS) is 10.9.